The lowest BCUT2D eigenvalue weighted by Crippen LogP contribution is -2.64. The van der Waals surface area contributed by atoms with Gasteiger partial charge in [0.05, 0.1) is 49.1 Å². The highest BCUT2D eigenvalue weighted by Gasteiger charge is 2.52. The van der Waals surface area contributed by atoms with Gasteiger partial charge in [0.15, 0.2) is 12.6 Å². The predicted octanol–water partition coefficient (Wildman–Crippen LogP) is -3.97. The number of aliphatic hydroxyl groups excluding tert-OH is 10. The summed E-state index contributed by atoms with van der Waals surface area (Å²) in [5.41, 5.74) is 0. The third-order valence-corrected chi connectivity index (χ3v) is 9.15. The molecule has 0 spiro atoms. The highest BCUT2D eigenvalue weighted by Crippen LogP contribution is 2.35. The van der Waals surface area contributed by atoms with Crippen LogP contribution in [0.4, 0.5) is 0 Å². The molecule has 10 N–H and O–H groups in total. The molecule has 244 valence electrons. The summed E-state index contributed by atoms with van der Waals surface area (Å²) in [5.74, 6) is -1.36. The van der Waals surface area contributed by atoms with Gasteiger partial charge < -0.3 is 70.0 Å². The molecule has 5 unspecified atom stereocenters. The Balaban J connectivity index is 1.38. The van der Waals surface area contributed by atoms with Crippen LogP contribution in [0.2, 0.25) is 0 Å². The molecule has 0 bridgehead atoms. The fourth-order valence-electron chi connectivity index (χ4n) is 6.50. The van der Waals surface area contributed by atoms with Crippen LogP contribution in [0.3, 0.4) is 0 Å². The Bertz CT molecular complexity index is 866. The summed E-state index contributed by atoms with van der Waals surface area (Å²) in [7, 11) is 0. The van der Waals surface area contributed by atoms with Crippen molar-refractivity contribution < 1.29 is 74.8 Å². The van der Waals surface area contributed by atoms with E-state index in [1.807, 2.05) is 0 Å². The van der Waals surface area contributed by atoms with E-state index < -0.39 is 104 Å². The first-order valence-electron chi connectivity index (χ1n) is 14.7. The van der Waals surface area contributed by atoms with Crippen molar-refractivity contribution >= 4 is 5.78 Å². The molecule has 0 aromatic rings. The Hall–Kier alpha value is -0.890. The molecule has 4 rings (SSSR count). The van der Waals surface area contributed by atoms with E-state index in [9.17, 15) is 55.9 Å². The Morgan fingerprint density at radius 3 is 2.00 bits per heavy atom. The molecule has 0 amide bonds. The second kappa shape index (κ2) is 14.5. The van der Waals surface area contributed by atoms with Gasteiger partial charge in [-0.25, -0.2) is 0 Å². The molecular formula is C27H46O15. The Morgan fingerprint density at radius 1 is 0.714 bits per heavy atom. The number of carbonyl (C=O) groups excluding carboxylic acids is 1. The summed E-state index contributed by atoms with van der Waals surface area (Å²) >= 11 is 0. The molecule has 15 nitrogen and oxygen atoms in total. The van der Waals surface area contributed by atoms with Crippen molar-refractivity contribution in [2.75, 3.05) is 6.61 Å². The molecule has 2 saturated carbocycles. The Kier molecular flexibility index (Phi) is 11.7. The van der Waals surface area contributed by atoms with E-state index in [-0.39, 0.29) is 31.0 Å². The molecule has 42 heavy (non-hydrogen) atoms. The fraction of sp³-hybridized carbons (Fsp3) is 0.963. The van der Waals surface area contributed by atoms with Gasteiger partial charge in [-0.2, -0.15) is 0 Å². The number of carbonyl (C=O) groups is 1. The van der Waals surface area contributed by atoms with Gasteiger partial charge in [-0.1, -0.05) is 0 Å². The number of aliphatic hydroxyl groups is 10. The van der Waals surface area contributed by atoms with E-state index in [2.05, 4.69) is 0 Å². The summed E-state index contributed by atoms with van der Waals surface area (Å²) < 4.78 is 22.7. The maximum atomic E-state index is 13.0. The highest BCUT2D eigenvalue weighted by atomic mass is 16.8. The third kappa shape index (κ3) is 7.49. The first-order chi connectivity index (χ1) is 19.8. The number of ketones is 1. The monoisotopic (exact) mass is 610 g/mol. The van der Waals surface area contributed by atoms with Crippen molar-refractivity contribution in [3.63, 3.8) is 0 Å². The normalized spacial score (nSPS) is 50.4. The molecule has 2 saturated heterocycles. The SMILES string of the molecule is C[C@@H]1O[C@@H](O[C@H]2[C@H](OC3CC(O)C(C(=O)CCC4CCC(O)C(O)C4)C(O)C3)O[C@H](CO)[C@@H](O)[C@@H]2O)[C@H](O)[C@H](O)[C@H]1O. The van der Waals surface area contributed by atoms with Crippen LogP contribution in [0.5, 0.6) is 0 Å². The molecule has 2 aliphatic heterocycles. The summed E-state index contributed by atoms with van der Waals surface area (Å²) in [4.78, 5) is 13.0. The summed E-state index contributed by atoms with van der Waals surface area (Å²) in [5, 5.41) is 103. The first kappa shape index (κ1) is 34.0. The van der Waals surface area contributed by atoms with Gasteiger partial charge in [0, 0.05) is 19.3 Å². The molecule has 2 aliphatic carbocycles. The largest absolute Gasteiger partial charge is 0.394 e. The van der Waals surface area contributed by atoms with Crippen LogP contribution in [0.1, 0.15) is 51.9 Å². The Morgan fingerprint density at radius 2 is 1.38 bits per heavy atom. The van der Waals surface area contributed by atoms with Crippen molar-refractivity contribution in [3.8, 4) is 0 Å². The molecular weight excluding hydrogens is 564 g/mol. The number of Topliss-reactive ketones (excluding diaryl/α,β-unsaturated/α-hetero) is 1. The van der Waals surface area contributed by atoms with Gasteiger partial charge in [0.1, 0.15) is 48.5 Å². The van der Waals surface area contributed by atoms with Crippen LogP contribution in [0.15, 0.2) is 0 Å². The van der Waals surface area contributed by atoms with Crippen LogP contribution in [0, 0.1) is 11.8 Å². The second-order valence-corrected chi connectivity index (χ2v) is 12.2. The van der Waals surface area contributed by atoms with Crippen LogP contribution in [-0.4, -0.2) is 155 Å². The highest BCUT2D eigenvalue weighted by molar-refractivity contribution is 5.82. The van der Waals surface area contributed by atoms with E-state index in [0.717, 1.165) is 0 Å². The predicted molar refractivity (Wildman–Crippen MR) is 138 cm³/mol. The van der Waals surface area contributed by atoms with E-state index in [4.69, 9.17) is 18.9 Å². The van der Waals surface area contributed by atoms with Gasteiger partial charge in [0.2, 0.25) is 0 Å². The lowest BCUT2D eigenvalue weighted by molar-refractivity contribution is -0.371. The van der Waals surface area contributed by atoms with Gasteiger partial charge in [0.25, 0.3) is 0 Å². The first-order valence-corrected chi connectivity index (χ1v) is 14.7. The zero-order valence-corrected chi connectivity index (χ0v) is 23.5. The maximum absolute atomic E-state index is 13.0. The molecule has 15 atom stereocenters. The van der Waals surface area contributed by atoms with Crippen molar-refractivity contribution in [2.45, 2.75) is 144 Å². The zero-order valence-electron chi connectivity index (χ0n) is 23.5. The molecule has 4 aliphatic rings. The Labute approximate surface area is 243 Å². The molecule has 0 aromatic heterocycles. The second-order valence-electron chi connectivity index (χ2n) is 12.2. The van der Waals surface area contributed by atoms with E-state index >= 15 is 0 Å². The lowest BCUT2D eigenvalue weighted by atomic mass is 9.76. The smallest absolute Gasteiger partial charge is 0.187 e. The summed E-state index contributed by atoms with van der Waals surface area (Å²) in [6, 6.07) is 0. The van der Waals surface area contributed by atoms with Crippen LogP contribution < -0.4 is 0 Å². The van der Waals surface area contributed by atoms with Crippen LogP contribution >= 0.6 is 0 Å². The van der Waals surface area contributed by atoms with E-state index in [1.54, 1.807) is 0 Å². The van der Waals surface area contributed by atoms with Crippen molar-refractivity contribution in [3.05, 3.63) is 0 Å². The van der Waals surface area contributed by atoms with Crippen LogP contribution in [0.25, 0.3) is 0 Å². The summed E-state index contributed by atoms with van der Waals surface area (Å²) in [6.07, 6.45) is -18.2. The molecule has 0 aromatic carbocycles. The minimum Gasteiger partial charge on any atom is -0.394 e. The number of hydrogen-bond donors (Lipinski definition) is 10. The molecule has 15 heteroatoms. The van der Waals surface area contributed by atoms with E-state index in [0.29, 0.717) is 25.7 Å². The van der Waals surface area contributed by atoms with Gasteiger partial charge in [-0.05, 0) is 38.5 Å². The fourth-order valence-corrected chi connectivity index (χ4v) is 6.50. The minimum absolute atomic E-state index is 0.0435. The standard InChI is InChI=1S/C27H46O15/c1-10-20(34)22(36)24(38)26(39-10)42-25-23(37)21(35)18(9-28)41-27(25)40-12-7-16(32)19(17(33)8-12)14(30)5-3-11-2-4-13(29)15(31)6-11/h10-13,15-29,31-38H,2-9H2,1H3/t10-,11?,12?,13?,15?,16?,17?,18+,19?,20-,21+,22+,23-,24+,25+,26-,27+/m0/s1. The average Bonchev–Trinajstić information content (AvgIpc) is 2.94. The number of rotatable bonds is 9. The zero-order chi connectivity index (χ0) is 30.9. The van der Waals surface area contributed by atoms with Gasteiger partial charge in [-0.15, -0.1) is 0 Å². The molecule has 2 heterocycles. The topological polar surface area (TPSA) is 256 Å². The number of hydrogen-bond acceptors (Lipinski definition) is 15. The van der Waals surface area contributed by atoms with E-state index in [1.165, 1.54) is 6.92 Å². The van der Waals surface area contributed by atoms with Gasteiger partial charge >= 0.3 is 0 Å². The average molecular weight is 611 g/mol. The minimum atomic E-state index is -1.73. The quantitative estimate of drug-likeness (QED) is 0.119. The van der Waals surface area contributed by atoms with Crippen molar-refractivity contribution in [1.29, 1.82) is 0 Å². The van der Waals surface area contributed by atoms with Crippen LogP contribution in [-0.2, 0) is 23.7 Å². The molecule has 4 fully saturated rings. The van der Waals surface area contributed by atoms with Crippen molar-refractivity contribution in [1.82, 2.24) is 0 Å². The maximum Gasteiger partial charge on any atom is 0.187 e. The third-order valence-electron chi connectivity index (χ3n) is 9.15. The van der Waals surface area contributed by atoms with Gasteiger partial charge in [-0.3, -0.25) is 4.79 Å². The van der Waals surface area contributed by atoms with Crippen molar-refractivity contribution in [2.24, 2.45) is 11.8 Å². The molecule has 0 radical (unpaired) electrons. The summed E-state index contributed by atoms with van der Waals surface area (Å²) in [6.45, 7) is 0.735. The number of ether oxygens (including phenoxy) is 4. The lowest BCUT2D eigenvalue weighted by Gasteiger charge is -2.47.